The van der Waals surface area contributed by atoms with E-state index in [9.17, 15) is 4.79 Å². The SMILES string of the molecule is COc1ccc(NC(=O)CCc2nn3cnnc3s2)cc1OC. The van der Waals surface area contributed by atoms with E-state index in [1.165, 1.54) is 11.3 Å². The summed E-state index contributed by atoms with van der Waals surface area (Å²) in [6.45, 7) is 0. The van der Waals surface area contributed by atoms with Gasteiger partial charge in [-0.2, -0.15) is 9.61 Å². The lowest BCUT2D eigenvalue weighted by Gasteiger charge is -2.10. The van der Waals surface area contributed by atoms with Crippen molar-refractivity contribution in [2.75, 3.05) is 19.5 Å². The Balaban J connectivity index is 1.59. The first-order valence-corrected chi connectivity index (χ1v) is 7.69. The Hall–Kier alpha value is -2.68. The number of nitrogens with one attached hydrogen (secondary N) is 1. The van der Waals surface area contributed by atoms with Crippen LogP contribution in [0, 0.1) is 0 Å². The normalized spacial score (nSPS) is 10.7. The monoisotopic (exact) mass is 333 g/mol. The number of anilines is 1. The zero-order valence-electron chi connectivity index (χ0n) is 12.6. The highest BCUT2D eigenvalue weighted by atomic mass is 32.1. The molecule has 0 atom stereocenters. The van der Waals surface area contributed by atoms with E-state index in [1.807, 2.05) is 0 Å². The second-order valence-corrected chi connectivity index (χ2v) is 5.71. The van der Waals surface area contributed by atoms with Crippen molar-refractivity contribution >= 4 is 27.9 Å². The Morgan fingerprint density at radius 1 is 1.30 bits per heavy atom. The minimum absolute atomic E-state index is 0.0943. The van der Waals surface area contributed by atoms with Gasteiger partial charge < -0.3 is 14.8 Å². The lowest BCUT2D eigenvalue weighted by atomic mass is 10.2. The minimum Gasteiger partial charge on any atom is -0.493 e. The van der Waals surface area contributed by atoms with Crippen LogP contribution in [0.15, 0.2) is 24.5 Å². The first-order valence-electron chi connectivity index (χ1n) is 6.87. The maximum absolute atomic E-state index is 12.1. The molecule has 0 aliphatic rings. The fraction of sp³-hybridized carbons (Fsp3) is 0.286. The Morgan fingerprint density at radius 3 is 2.87 bits per heavy atom. The number of amides is 1. The number of benzene rings is 1. The van der Waals surface area contributed by atoms with E-state index in [1.54, 1.807) is 43.3 Å². The largest absolute Gasteiger partial charge is 0.493 e. The molecule has 0 unspecified atom stereocenters. The van der Waals surface area contributed by atoms with E-state index in [-0.39, 0.29) is 5.91 Å². The van der Waals surface area contributed by atoms with Gasteiger partial charge in [0.25, 0.3) is 0 Å². The van der Waals surface area contributed by atoms with Crippen molar-refractivity contribution in [3.8, 4) is 11.5 Å². The first-order chi connectivity index (χ1) is 11.2. The van der Waals surface area contributed by atoms with Crippen molar-refractivity contribution in [2.24, 2.45) is 0 Å². The third-order valence-corrected chi connectivity index (χ3v) is 4.13. The Bertz CT molecular complexity index is 800. The molecule has 0 aliphatic carbocycles. The van der Waals surface area contributed by atoms with E-state index in [0.29, 0.717) is 30.0 Å². The number of hydrogen-bond acceptors (Lipinski definition) is 7. The molecular formula is C14H15N5O3S. The molecule has 0 aliphatic heterocycles. The van der Waals surface area contributed by atoms with Crippen molar-refractivity contribution in [1.29, 1.82) is 0 Å². The van der Waals surface area contributed by atoms with E-state index >= 15 is 0 Å². The van der Waals surface area contributed by atoms with Gasteiger partial charge >= 0.3 is 0 Å². The van der Waals surface area contributed by atoms with E-state index < -0.39 is 0 Å². The highest BCUT2D eigenvalue weighted by molar-refractivity contribution is 7.16. The molecular weight excluding hydrogens is 318 g/mol. The quantitative estimate of drug-likeness (QED) is 0.739. The predicted octanol–water partition coefficient (Wildman–Crippen LogP) is 1.77. The fourth-order valence-corrected chi connectivity index (χ4v) is 2.87. The van der Waals surface area contributed by atoms with Crippen LogP contribution in [0.2, 0.25) is 0 Å². The summed E-state index contributed by atoms with van der Waals surface area (Å²) in [5.41, 5.74) is 0.658. The van der Waals surface area contributed by atoms with Crippen LogP contribution in [-0.4, -0.2) is 39.9 Å². The van der Waals surface area contributed by atoms with E-state index in [4.69, 9.17) is 9.47 Å². The number of nitrogens with zero attached hydrogens (tertiary/aromatic N) is 4. The molecule has 3 aromatic rings. The molecule has 0 saturated heterocycles. The maximum atomic E-state index is 12.1. The highest BCUT2D eigenvalue weighted by Gasteiger charge is 2.10. The summed E-state index contributed by atoms with van der Waals surface area (Å²) in [6, 6.07) is 5.24. The minimum atomic E-state index is -0.0943. The highest BCUT2D eigenvalue weighted by Crippen LogP contribution is 2.29. The van der Waals surface area contributed by atoms with Gasteiger partial charge in [-0.25, -0.2) is 0 Å². The van der Waals surface area contributed by atoms with E-state index in [2.05, 4.69) is 20.6 Å². The number of hydrogen-bond donors (Lipinski definition) is 1. The number of fused-ring (bicyclic) bond motifs is 1. The molecule has 1 N–H and O–H groups in total. The molecule has 1 aromatic carbocycles. The number of ether oxygens (including phenoxy) is 2. The van der Waals surface area contributed by atoms with Crippen molar-refractivity contribution in [3.05, 3.63) is 29.5 Å². The van der Waals surface area contributed by atoms with Gasteiger partial charge in [-0.3, -0.25) is 4.79 Å². The summed E-state index contributed by atoms with van der Waals surface area (Å²) < 4.78 is 12.0. The summed E-state index contributed by atoms with van der Waals surface area (Å²) >= 11 is 1.42. The van der Waals surface area contributed by atoms with Crippen LogP contribution >= 0.6 is 11.3 Å². The molecule has 0 saturated carbocycles. The molecule has 8 nitrogen and oxygen atoms in total. The number of carbonyl (C=O) groups is 1. The average molecular weight is 333 g/mol. The average Bonchev–Trinajstić information content (AvgIpc) is 3.14. The zero-order chi connectivity index (χ0) is 16.2. The van der Waals surface area contributed by atoms with Crippen LogP contribution in [0.3, 0.4) is 0 Å². The molecule has 0 spiro atoms. The topological polar surface area (TPSA) is 90.6 Å². The maximum Gasteiger partial charge on any atom is 0.234 e. The van der Waals surface area contributed by atoms with Gasteiger partial charge in [0.2, 0.25) is 10.9 Å². The van der Waals surface area contributed by atoms with Crippen molar-refractivity contribution in [1.82, 2.24) is 19.8 Å². The van der Waals surface area contributed by atoms with Gasteiger partial charge in [-0.1, -0.05) is 11.3 Å². The Kier molecular flexibility index (Phi) is 4.38. The standard InChI is InChI=1S/C14H15N5O3S/c1-21-10-4-3-9(7-11(10)22-2)16-12(20)5-6-13-18-19-8-15-17-14(19)23-13/h3-4,7-8H,5-6H2,1-2H3,(H,16,20). The van der Waals surface area contributed by atoms with Gasteiger partial charge in [0.1, 0.15) is 11.3 Å². The van der Waals surface area contributed by atoms with Gasteiger partial charge in [-0.15, -0.1) is 10.2 Å². The second-order valence-electron chi connectivity index (χ2n) is 4.67. The fourth-order valence-electron chi connectivity index (χ4n) is 2.06. The van der Waals surface area contributed by atoms with Crippen LogP contribution in [-0.2, 0) is 11.2 Å². The summed E-state index contributed by atoms with van der Waals surface area (Å²) in [7, 11) is 3.12. The predicted molar refractivity (Wildman–Crippen MR) is 85.2 cm³/mol. The molecule has 120 valence electrons. The van der Waals surface area contributed by atoms with Gasteiger partial charge in [0.15, 0.2) is 11.5 Å². The van der Waals surface area contributed by atoms with Crippen molar-refractivity contribution in [2.45, 2.75) is 12.8 Å². The summed E-state index contributed by atoms with van der Waals surface area (Å²) in [6.07, 6.45) is 2.42. The van der Waals surface area contributed by atoms with Crippen LogP contribution in [0.4, 0.5) is 5.69 Å². The summed E-state index contributed by atoms with van der Waals surface area (Å²) in [5.74, 6) is 1.09. The lowest BCUT2D eigenvalue weighted by Crippen LogP contribution is -2.12. The number of rotatable bonds is 6. The third-order valence-electron chi connectivity index (χ3n) is 3.16. The summed E-state index contributed by atoms with van der Waals surface area (Å²) in [5, 5.41) is 15.6. The molecule has 0 radical (unpaired) electrons. The van der Waals surface area contributed by atoms with Crippen LogP contribution in [0.1, 0.15) is 11.4 Å². The molecule has 1 amide bonds. The third kappa shape index (κ3) is 3.39. The number of aromatic nitrogens is 4. The van der Waals surface area contributed by atoms with Crippen LogP contribution in [0.25, 0.3) is 4.96 Å². The van der Waals surface area contributed by atoms with Gasteiger partial charge in [0.05, 0.1) is 14.2 Å². The lowest BCUT2D eigenvalue weighted by molar-refractivity contribution is -0.116. The number of aryl methyl sites for hydroxylation is 1. The van der Waals surface area contributed by atoms with Crippen LogP contribution < -0.4 is 14.8 Å². The first kappa shape index (κ1) is 15.2. The molecule has 2 aromatic heterocycles. The molecule has 0 bridgehead atoms. The van der Waals surface area contributed by atoms with Crippen LogP contribution in [0.5, 0.6) is 11.5 Å². The second kappa shape index (κ2) is 6.61. The van der Waals surface area contributed by atoms with Gasteiger partial charge in [-0.05, 0) is 12.1 Å². The number of methoxy groups -OCH3 is 2. The van der Waals surface area contributed by atoms with Crippen molar-refractivity contribution < 1.29 is 14.3 Å². The molecule has 2 heterocycles. The molecule has 9 heteroatoms. The molecule has 3 rings (SSSR count). The Morgan fingerprint density at radius 2 is 2.13 bits per heavy atom. The van der Waals surface area contributed by atoms with Crippen molar-refractivity contribution in [3.63, 3.8) is 0 Å². The van der Waals surface area contributed by atoms with E-state index in [0.717, 1.165) is 9.97 Å². The Labute approximate surface area is 136 Å². The molecule has 23 heavy (non-hydrogen) atoms. The van der Waals surface area contributed by atoms with Gasteiger partial charge in [0, 0.05) is 24.6 Å². The summed E-state index contributed by atoms with van der Waals surface area (Å²) in [4.78, 5) is 12.8. The zero-order valence-corrected chi connectivity index (χ0v) is 13.5. The number of carbonyl (C=O) groups excluding carboxylic acids is 1. The smallest absolute Gasteiger partial charge is 0.234 e. The molecule has 0 fully saturated rings.